The molecule has 0 spiro atoms. The van der Waals surface area contributed by atoms with Crippen molar-refractivity contribution in [3.8, 4) is 0 Å². The lowest BCUT2D eigenvalue weighted by atomic mass is 10.0. The first-order valence-corrected chi connectivity index (χ1v) is 11.0. The molecule has 0 aromatic heterocycles. The molecule has 3 aromatic carbocycles. The van der Waals surface area contributed by atoms with Crippen molar-refractivity contribution in [3.05, 3.63) is 95.7 Å². The second-order valence-electron chi connectivity index (χ2n) is 8.07. The average Bonchev–Trinajstić information content (AvgIpc) is 3.05. The largest absolute Gasteiger partial charge is 0.350 e. The van der Waals surface area contributed by atoms with Gasteiger partial charge in [-0.2, -0.15) is 0 Å². The Hall–Kier alpha value is -4.72. The van der Waals surface area contributed by atoms with Crippen LogP contribution in [-0.2, 0) is 25.7 Å². The number of rotatable bonds is 7. The number of carbonyl (C=O) groups excluding carboxylic acids is 4. The Kier molecular flexibility index (Phi) is 6.73. The van der Waals surface area contributed by atoms with Gasteiger partial charge in [-0.25, -0.2) is 0 Å². The van der Waals surface area contributed by atoms with E-state index in [2.05, 4.69) is 16.0 Å². The van der Waals surface area contributed by atoms with Crippen molar-refractivity contribution in [1.29, 1.82) is 0 Å². The molecule has 35 heavy (non-hydrogen) atoms. The highest BCUT2D eigenvalue weighted by atomic mass is 16.2. The molecule has 0 saturated carbocycles. The Balaban J connectivity index is 1.68. The highest BCUT2D eigenvalue weighted by Gasteiger charge is 2.39. The van der Waals surface area contributed by atoms with E-state index >= 15 is 0 Å². The summed E-state index contributed by atoms with van der Waals surface area (Å²) in [6.07, 6.45) is 0. The van der Waals surface area contributed by atoms with E-state index in [1.54, 1.807) is 48.5 Å². The van der Waals surface area contributed by atoms with Gasteiger partial charge in [-0.05, 0) is 47.5 Å². The molecule has 0 unspecified atom stereocenters. The van der Waals surface area contributed by atoms with Crippen molar-refractivity contribution < 1.29 is 19.2 Å². The quantitative estimate of drug-likeness (QED) is 0.455. The maximum absolute atomic E-state index is 13.4. The van der Waals surface area contributed by atoms with E-state index in [9.17, 15) is 19.2 Å². The number of imide groups is 1. The molecule has 176 valence electrons. The Morgan fingerprint density at radius 3 is 1.74 bits per heavy atom. The third kappa shape index (κ3) is 5.44. The molecule has 1 aliphatic rings. The Morgan fingerprint density at radius 2 is 1.20 bits per heavy atom. The molecular weight excluding hydrogens is 444 g/mol. The molecule has 0 radical (unpaired) electrons. The summed E-state index contributed by atoms with van der Waals surface area (Å²) in [4.78, 5) is 50.7. The number of nitrogens with zero attached hydrogens (tertiary/aromatic N) is 1. The average molecular weight is 469 g/mol. The van der Waals surface area contributed by atoms with Crippen molar-refractivity contribution in [3.63, 3.8) is 0 Å². The summed E-state index contributed by atoms with van der Waals surface area (Å²) in [6, 6.07) is 22.9. The molecule has 1 aliphatic heterocycles. The summed E-state index contributed by atoms with van der Waals surface area (Å²) in [7, 11) is 0. The second-order valence-corrected chi connectivity index (χ2v) is 8.07. The third-order valence-corrected chi connectivity index (χ3v) is 5.32. The lowest BCUT2D eigenvalue weighted by Crippen LogP contribution is -2.31. The molecule has 3 N–H and O–H groups in total. The van der Waals surface area contributed by atoms with E-state index in [0.29, 0.717) is 22.6 Å². The van der Waals surface area contributed by atoms with Crippen molar-refractivity contribution in [2.75, 3.05) is 16.0 Å². The van der Waals surface area contributed by atoms with Gasteiger partial charge in [0.15, 0.2) is 0 Å². The maximum atomic E-state index is 13.4. The van der Waals surface area contributed by atoms with Gasteiger partial charge in [0.2, 0.25) is 11.8 Å². The first kappa shape index (κ1) is 23.4. The number of benzene rings is 3. The monoisotopic (exact) mass is 468 g/mol. The van der Waals surface area contributed by atoms with Gasteiger partial charge in [0, 0.05) is 30.9 Å². The number of amides is 4. The fraction of sp³-hybridized carbons (Fsp3) is 0.111. The van der Waals surface area contributed by atoms with E-state index in [0.717, 1.165) is 5.56 Å². The molecule has 0 atom stereocenters. The molecule has 1 heterocycles. The van der Waals surface area contributed by atoms with E-state index in [-0.39, 0.29) is 29.6 Å². The van der Waals surface area contributed by atoms with Crippen molar-refractivity contribution in [2.45, 2.75) is 20.4 Å². The van der Waals surface area contributed by atoms with Gasteiger partial charge < -0.3 is 16.0 Å². The summed E-state index contributed by atoms with van der Waals surface area (Å²) in [6.45, 7) is 2.97. The van der Waals surface area contributed by atoms with Crippen LogP contribution < -0.4 is 16.0 Å². The van der Waals surface area contributed by atoms with Gasteiger partial charge in [-0.15, -0.1) is 0 Å². The lowest BCUT2D eigenvalue weighted by molar-refractivity contribution is -0.137. The van der Waals surface area contributed by atoms with Crippen LogP contribution in [0.15, 0.2) is 84.6 Å². The van der Waals surface area contributed by atoms with Crippen LogP contribution in [-0.4, -0.2) is 28.5 Å². The molecule has 0 saturated heterocycles. The summed E-state index contributed by atoms with van der Waals surface area (Å²) in [5.41, 5.74) is 3.56. The maximum Gasteiger partial charge on any atom is 0.278 e. The van der Waals surface area contributed by atoms with Gasteiger partial charge in [0.1, 0.15) is 5.70 Å². The van der Waals surface area contributed by atoms with Crippen molar-refractivity contribution >= 4 is 46.3 Å². The lowest BCUT2D eigenvalue weighted by Gasteiger charge is -2.15. The highest BCUT2D eigenvalue weighted by Crippen LogP contribution is 2.32. The summed E-state index contributed by atoms with van der Waals surface area (Å²) < 4.78 is 0. The molecule has 0 fully saturated rings. The molecule has 0 aliphatic carbocycles. The fourth-order valence-corrected chi connectivity index (χ4v) is 3.78. The second kappa shape index (κ2) is 10.0. The summed E-state index contributed by atoms with van der Waals surface area (Å²) in [5, 5.41) is 8.48. The van der Waals surface area contributed by atoms with Crippen LogP contribution in [0.4, 0.5) is 17.1 Å². The zero-order chi connectivity index (χ0) is 24.9. The fourth-order valence-electron chi connectivity index (χ4n) is 3.78. The number of hydrogen-bond donors (Lipinski definition) is 3. The van der Waals surface area contributed by atoms with E-state index in [1.807, 2.05) is 30.3 Å². The molecule has 4 rings (SSSR count). The third-order valence-electron chi connectivity index (χ3n) is 5.32. The zero-order valence-corrected chi connectivity index (χ0v) is 19.3. The topological polar surface area (TPSA) is 108 Å². The van der Waals surface area contributed by atoms with E-state index < -0.39 is 11.8 Å². The first-order chi connectivity index (χ1) is 16.8. The smallest absolute Gasteiger partial charge is 0.278 e. The molecule has 0 bridgehead atoms. The SMILES string of the molecule is CC(=O)Nc1ccc(NC2=C(c3ccc(NC(C)=O)cc3)C(=O)N(Cc3ccccc3)C2=O)cc1. The van der Waals surface area contributed by atoms with Gasteiger partial charge in [-0.1, -0.05) is 42.5 Å². The Morgan fingerprint density at radius 1 is 0.686 bits per heavy atom. The van der Waals surface area contributed by atoms with Crippen molar-refractivity contribution in [2.24, 2.45) is 0 Å². The van der Waals surface area contributed by atoms with Crippen LogP contribution in [0.25, 0.3) is 5.57 Å². The predicted molar refractivity (Wildman–Crippen MR) is 134 cm³/mol. The molecule has 3 aromatic rings. The first-order valence-electron chi connectivity index (χ1n) is 11.0. The highest BCUT2D eigenvalue weighted by molar-refractivity contribution is 6.36. The zero-order valence-electron chi connectivity index (χ0n) is 19.3. The summed E-state index contributed by atoms with van der Waals surface area (Å²) in [5.74, 6) is -1.25. The normalized spacial score (nSPS) is 13.1. The molecule has 8 nitrogen and oxygen atoms in total. The number of anilines is 3. The minimum Gasteiger partial charge on any atom is -0.350 e. The van der Waals surface area contributed by atoms with Crippen LogP contribution in [0.3, 0.4) is 0 Å². The van der Waals surface area contributed by atoms with Gasteiger partial charge >= 0.3 is 0 Å². The van der Waals surface area contributed by atoms with Gasteiger partial charge in [0.05, 0.1) is 12.1 Å². The number of hydrogen-bond acceptors (Lipinski definition) is 5. The Bertz CT molecular complexity index is 1310. The molecule has 8 heteroatoms. The van der Waals surface area contributed by atoms with Crippen LogP contribution in [0.1, 0.15) is 25.0 Å². The summed E-state index contributed by atoms with van der Waals surface area (Å²) >= 11 is 0. The number of nitrogens with one attached hydrogen (secondary N) is 3. The minimum absolute atomic E-state index is 0.138. The number of carbonyl (C=O) groups is 4. The van der Waals surface area contributed by atoms with E-state index in [4.69, 9.17) is 0 Å². The van der Waals surface area contributed by atoms with Crippen LogP contribution >= 0.6 is 0 Å². The molecular formula is C27H24N4O4. The van der Waals surface area contributed by atoms with Crippen LogP contribution in [0, 0.1) is 0 Å². The Labute approximate surface area is 202 Å². The van der Waals surface area contributed by atoms with Gasteiger partial charge in [-0.3, -0.25) is 24.1 Å². The van der Waals surface area contributed by atoms with Gasteiger partial charge in [0.25, 0.3) is 11.8 Å². The molecule has 4 amide bonds. The van der Waals surface area contributed by atoms with Crippen LogP contribution in [0.5, 0.6) is 0 Å². The predicted octanol–water partition coefficient (Wildman–Crippen LogP) is 4.00. The minimum atomic E-state index is -0.439. The van der Waals surface area contributed by atoms with E-state index in [1.165, 1.54) is 18.7 Å². The standard InChI is InChI=1S/C27H24N4O4/c1-17(32)28-21-10-8-20(9-11-21)24-25(30-23-14-12-22(13-15-23)29-18(2)33)27(35)31(26(24)34)16-19-6-4-3-5-7-19/h3-15,30H,16H2,1-2H3,(H,28,32)(H,29,33). The van der Waals surface area contributed by atoms with Crippen LogP contribution in [0.2, 0.25) is 0 Å². The van der Waals surface area contributed by atoms with Crippen molar-refractivity contribution in [1.82, 2.24) is 4.90 Å².